The Balaban J connectivity index is 1.19. The molecule has 45 heavy (non-hydrogen) atoms. The van der Waals surface area contributed by atoms with Crippen molar-refractivity contribution < 1.29 is 9.47 Å². The molecule has 214 valence electrons. The van der Waals surface area contributed by atoms with Gasteiger partial charge in [0, 0.05) is 58.8 Å². The van der Waals surface area contributed by atoms with Gasteiger partial charge in [-0.2, -0.15) is 0 Å². The molecular weight excluding hydrogens is 558 g/mol. The predicted molar refractivity (Wildman–Crippen MR) is 176 cm³/mol. The zero-order valence-corrected chi connectivity index (χ0v) is 24.0. The molecule has 8 rings (SSSR count). The lowest BCUT2D eigenvalue weighted by Crippen LogP contribution is -2.00. The Labute approximate surface area is 259 Å². The van der Waals surface area contributed by atoms with Gasteiger partial charge >= 0.3 is 0 Å². The molecule has 0 aliphatic carbocycles. The van der Waals surface area contributed by atoms with Crippen LogP contribution in [0.25, 0.3) is 50.3 Å². The van der Waals surface area contributed by atoms with Crippen molar-refractivity contribution in [1.29, 1.82) is 0 Å². The summed E-state index contributed by atoms with van der Waals surface area (Å²) in [6.07, 6.45) is 7.06. The summed E-state index contributed by atoms with van der Waals surface area (Å²) in [5, 5.41) is 2.10. The highest BCUT2D eigenvalue weighted by Gasteiger charge is 2.16. The van der Waals surface area contributed by atoms with E-state index in [0.717, 1.165) is 55.8 Å². The van der Waals surface area contributed by atoms with E-state index in [1.54, 1.807) is 24.8 Å². The Bertz CT molecular complexity index is 2130. The second-order valence-corrected chi connectivity index (χ2v) is 10.4. The smallest absolute Gasteiger partial charge is 0.234 e. The topological polar surface area (TPSA) is 75.0 Å². The van der Waals surface area contributed by atoms with E-state index in [1.165, 1.54) is 0 Å². The fourth-order valence-electron chi connectivity index (χ4n) is 5.50. The predicted octanol–water partition coefficient (Wildman–Crippen LogP) is 9.28. The van der Waals surface area contributed by atoms with Crippen LogP contribution in [-0.4, -0.2) is 24.5 Å². The molecule has 0 fully saturated rings. The van der Waals surface area contributed by atoms with Crippen molar-refractivity contribution in [2.24, 2.45) is 0 Å². The molecule has 0 atom stereocenters. The van der Waals surface area contributed by atoms with Gasteiger partial charge in [-0.1, -0.05) is 36.4 Å². The maximum Gasteiger partial charge on any atom is 0.234 e. The van der Waals surface area contributed by atoms with E-state index in [9.17, 15) is 0 Å². The van der Waals surface area contributed by atoms with Crippen LogP contribution in [0, 0.1) is 0 Å². The first-order chi connectivity index (χ1) is 22.3. The molecule has 0 bridgehead atoms. The second-order valence-electron chi connectivity index (χ2n) is 10.4. The molecule has 0 spiro atoms. The molecule has 0 aliphatic heterocycles. The fraction of sp³-hybridized carbons (Fsp3) is 0. The van der Waals surface area contributed by atoms with Crippen molar-refractivity contribution in [3.63, 3.8) is 0 Å². The number of aromatic nitrogens is 5. The minimum Gasteiger partial charge on any atom is -0.457 e. The summed E-state index contributed by atoms with van der Waals surface area (Å²) < 4.78 is 14.8. The first-order valence-electron chi connectivity index (χ1n) is 14.5. The van der Waals surface area contributed by atoms with E-state index >= 15 is 0 Å². The SMILES string of the molecule is c1ccc(-c2cccc(Oc3ccc4c5ccc(Oc6cccc(-c7ccccn7)c6)cc5n(-c5ncccn5)c4c3)c2)nc1. The third-order valence-corrected chi connectivity index (χ3v) is 7.52. The summed E-state index contributed by atoms with van der Waals surface area (Å²) in [5.41, 5.74) is 5.59. The Hall–Kier alpha value is -6.34. The van der Waals surface area contributed by atoms with Crippen molar-refractivity contribution >= 4 is 21.8 Å². The van der Waals surface area contributed by atoms with Crippen LogP contribution in [0.2, 0.25) is 0 Å². The normalized spacial score (nSPS) is 11.1. The Kier molecular flexibility index (Phi) is 6.66. The zero-order valence-electron chi connectivity index (χ0n) is 24.0. The molecule has 7 heteroatoms. The molecule has 0 amide bonds. The van der Waals surface area contributed by atoms with E-state index < -0.39 is 0 Å². The van der Waals surface area contributed by atoms with Gasteiger partial charge in [-0.25, -0.2) is 9.97 Å². The highest BCUT2D eigenvalue weighted by Crippen LogP contribution is 2.37. The van der Waals surface area contributed by atoms with Crippen molar-refractivity contribution in [2.75, 3.05) is 0 Å². The van der Waals surface area contributed by atoms with Gasteiger partial charge in [0.2, 0.25) is 5.95 Å². The lowest BCUT2D eigenvalue weighted by Gasteiger charge is -2.10. The largest absolute Gasteiger partial charge is 0.457 e. The summed E-state index contributed by atoms with van der Waals surface area (Å²) in [5.74, 6) is 3.40. The van der Waals surface area contributed by atoms with Gasteiger partial charge < -0.3 is 9.47 Å². The molecule has 0 N–H and O–H groups in total. The van der Waals surface area contributed by atoms with E-state index in [0.29, 0.717) is 17.4 Å². The average Bonchev–Trinajstić information content (AvgIpc) is 3.42. The quantitative estimate of drug-likeness (QED) is 0.186. The van der Waals surface area contributed by atoms with Crippen LogP contribution in [-0.2, 0) is 0 Å². The molecule has 0 unspecified atom stereocenters. The number of fused-ring (bicyclic) bond motifs is 3. The van der Waals surface area contributed by atoms with Gasteiger partial charge in [-0.3, -0.25) is 14.5 Å². The number of nitrogens with zero attached hydrogens (tertiary/aromatic N) is 5. The maximum absolute atomic E-state index is 6.37. The molecule has 0 radical (unpaired) electrons. The molecule has 4 aromatic heterocycles. The third-order valence-electron chi connectivity index (χ3n) is 7.52. The minimum absolute atomic E-state index is 0.557. The Morgan fingerprint density at radius 3 is 1.38 bits per heavy atom. The lowest BCUT2D eigenvalue weighted by molar-refractivity contribution is 0.483. The van der Waals surface area contributed by atoms with E-state index in [1.807, 2.05) is 120 Å². The van der Waals surface area contributed by atoms with Crippen LogP contribution in [0.5, 0.6) is 23.0 Å². The summed E-state index contributed by atoms with van der Waals surface area (Å²) in [7, 11) is 0. The summed E-state index contributed by atoms with van der Waals surface area (Å²) in [6.45, 7) is 0. The van der Waals surface area contributed by atoms with E-state index in [2.05, 4.69) is 32.1 Å². The molecule has 7 nitrogen and oxygen atoms in total. The van der Waals surface area contributed by atoms with Gasteiger partial charge in [0.05, 0.1) is 22.4 Å². The molecule has 0 saturated carbocycles. The minimum atomic E-state index is 0.557. The summed E-state index contributed by atoms with van der Waals surface area (Å²) >= 11 is 0. The second kappa shape index (κ2) is 11.4. The van der Waals surface area contributed by atoms with Crippen LogP contribution in [0.1, 0.15) is 0 Å². The Morgan fingerprint density at radius 2 is 0.889 bits per heavy atom. The van der Waals surface area contributed by atoms with Crippen molar-refractivity contribution in [3.05, 3.63) is 152 Å². The van der Waals surface area contributed by atoms with Gasteiger partial charge in [0.1, 0.15) is 23.0 Å². The van der Waals surface area contributed by atoms with Crippen LogP contribution < -0.4 is 9.47 Å². The summed E-state index contributed by atoms with van der Waals surface area (Å²) in [6, 6.07) is 41.6. The number of ether oxygens (including phenoxy) is 2. The highest BCUT2D eigenvalue weighted by molar-refractivity contribution is 6.09. The van der Waals surface area contributed by atoms with Crippen LogP contribution in [0.15, 0.2) is 152 Å². The molecule has 4 aromatic carbocycles. The number of benzene rings is 4. The molecule has 4 heterocycles. The monoisotopic (exact) mass is 583 g/mol. The molecule has 0 aliphatic rings. The van der Waals surface area contributed by atoms with Crippen LogP contribution >= 0.6 is 0 Å². The van der Waals surface area contributed by atoms with Gasteiger partial charge in [-0.05, 0) is 78.9 Å². The Morgan fingerprint density at radius 1 is 0.400 bits per heavy atom. The lowest BCUT2D eigenvalue weighted by atomic mass is 10.1. The van der Waals surface area contributed by atoms with Gasteiger partial charge in [0.15, 0.2) is 0 Å². The number of rotatable bonds is 7. The maximum atomic E-state index is 6.37. The fourth-order valence-corrected chi connectivity index (χ4v) is 5.50. The van der Waals surface area contributed by atoms with E-state index in [4.69, 9.17) is 9.47 Å². The average molecular weight is 584 g/mol. The van der Waals surface area contributed by atoms with Crippen LogP contribution in [0.4, 0.5) is 0 Å². The van der Waals surface area contributed by atoms with Crippen LogP contribution in [0.3, 0.4) is 0 Å². The zero-order chi connectivity index (χ0) is 30.0. The van der Waals surface area contributed by atoms with Crippen molar-refractivity contribution in [2.45, 2.75) is 0 Å². The first-order valence-corrected chi connectivity index (χ1v) is 14.5. The number of pyridine rings is 2. The van der Waals surface area contributed by atoms with E-state index in [-0.39, 0.29) is 0 Å². The molecule has 8 aromatic rings. The number of hydrogen-bond donors (Lipinski definition) is 0. The molecule has 0 saturated heterocycles. The summed E-state index contributed by atoms with van der Waals surface area (Å²) in [4.78, 5) is 18.1. The van der Waals surface area contributed by atoms with Gasteiger partial charge in [-0.15, -0.1) is 0 Å². The van der Waals surface area contributed by atoms with Gasteiger partial charge in [0.25, 0.3) is 0 Å². The van der Waals surface area contributed by atoms with Crippen molar-refractivity contribution in [3.8, 4) is 51.5 Å². The standard InChI is InChI=1S/C38H25N5O2/c1-3-18-39-34(12-1)26-8-5-10-28(22-26)44-30-14-16-32-33-17-15-31(25-37(33)43(36(32)24-30)38-41-20-7-21-42-38)45-29-11-6-9-27(23-29)35-13-2-4-19-40-35/h1-25H. The van der Waals surface area contributed by atoms with Crippen molar-refractivity contribution in [1.82, 2.24) is 24.5 Å². The molecular formula is C38H25N5O2. The highest BCUT2D eigenvalue weighted by atomic mass is 16.5. The third kappa shape index (κ3) is 5.23. The first kappa shape index (κ1) is 26.3. The number of hydrogen-bond acceptors (Lipinski definition) is 6.